The summed E-state index contributed by atoms with van der Waals surface area (Å²) in [6, 6.07) is 11.8. The van der Waals surface area contributed by atoms with Crippen molar-refractivity contribution in [1.29, 1.82) is 0 Å². The van der Waals surface area contributed by atoms with Crippen molar-refractivity contribution in [3.8, 4) is 5.75 Å². The van der Waals surface area contributed by atoms with Gasteiger partial charge in [0.2, 0.25) is 5.91 Å². The quantitative estimate of drug-likeness (QED) is 0.620. The molecule has 0 saturated carbocycles. The molecule has 22 heavy (non-hydrogen) atoms. The molecule has 0 spiro atoms. The Morgan fingerprint density at radius 3 is 2.82 bits per heavy atom. The molecule has 0 fully saturated rings. The standard InChI is InChI=1S/C16H18BrNO2S2/c1-18(10-15-9-13(17)11-22-15)16(19)12-21-8-7-20-14-5-3-2-4-6-14/h2-6,9,11H,7-8,10,12H2,1H3. The zero-order valence-corrected chi connectivity index (χ0v) is 15.5. The number of para-hydroxylation sites is 1. The number of carbonyl (C=O) groups is 1. The maximum absolute atomic E-state index is 12.0. The second-order valence-corrected chi connectivity index (χ2v) is 7.71. The van der Waals surface area contributed by atoms with Gasteiger partial charge in [0, 0.05) is 27.5 Å². The molecule has 0 radical (unpaired) electrons. The van der Waals surface area contributed by atoms with Crippen LogP contribution in [0.5, 0.6) is 5.75 Å². The van der Waals surface area contributed by atoms with E-state index < -0.39 is 0 Å². The topological polar surface area (TPSA) is 29.5 Å². The highest BCUT2D eigenvalue weighted by Crippen LogP contribution is 2.21. The van der Waals surface area contributed by atoms with Crippen molar-refractivity contribution in [3.05, 3.63) is 51.1 Å². The molecule has 0 aliphatic rings. The molecular formula is C16H18BrNO2S2. The van der Waals surface area contributed by atoms with Gasteiger partial charge in [0.05, 0.1) is 18.9 Å². The van der Waals surface area contributed by atoms with Gasteiger partial charge in [0.25, 0.3) is 0 Å². The fraction of sp³-hybridized carbons (Fsp3) is 0.312. The molecule has 6 heteroatoms. The van der Waals surface area contributed by atoms with Crippen LogP contribution in [0.15, 0.2) is 46.3 Å². The third-order valence-electron chi connectivity index (χ3n) is 2.91. The SMILES string of the molecule is CN(Cc1cc(Br)cs1)C(=O)CSCCOc1ccccc1. The summed E-state index contributed by atoms with van der Waals surface area (Å²) in [4.78, 5) is 15.0. The van der Waals surface area contributed by atoms with E-state index in [9.17, 15) is 4.79 Å². The van der Waals surface area contributed by atoms with Crippen molar-refractivity contribution in [1.82, 2.24) is 4.90 Å². The van der Waals surface area contributed by atoms with Crippen LogP contribution in [0.1, 0.15) is 4.88 Å². The smallest absolute Gasteiger partial charge is 0.232 e. The van der Waals surface area contributed by atoms with Crippen LogP contribution in [0.2, 0.25) is 0 Å². The minimum Gasteiger partial charge on any atom is -0.493 e. The van der Waals surface area contributed by atoms with E-state index in [1.807, 2.05) is 42.8 Å². The Labute approximate surface area is 147 Å². The average Bonchev–Trinajstić information content (AvgIpc) is 2.92. The molecule has 0 saturated heterocycles. The van der Waals surface area contributed by atoms with Gasteiger partial charge >= 0.3 is 0 Å². The average molecular weight is 400 g/mol. The normalized spacial score (nSPS) is 10.5. The molecule has 1 amide bonds. The number of hydrogen-bond acceptors (Lipinski definition) is 4. The third-order valence-corrected chi connectivity index (χ3v) is 5.49. The van der Waals surface area contributed by atoms with Crippen LogP contribution in [0.4, 0.5) is 0 Å². The summed E-state index contributed by atoms with van der Waals surface area (Å²) in [5.41, 5.74) is 0. The van der Waals surface area contributed by atoms with Gasteiger partial charge < -0.3 is 9.64 Å². The number of benzene rings is 1. The van der Waals surface area contributed by atoms with E-state index in [1.165, 1.54) is 4.88 Å². The number of thiophene rings is 1. The Kier molecular flexibility index (Phi) is 7.29. The number of carbonyl (C=O) groups excluding carboxylic acids is 1. The number of thioether (sulfide) groups is 1. The first-order valence-electron chi connectivity index (χ1n) is 6.87. The van der Waals surface area contributed by atoms with Gasteiger partial charge in [-0.05, 0) is 34.1 Å². The van der Waals surface area contributed by atoms with Crippen molar-refractivity contribution in [2.75, 3.05) is 25.2 Å². The Morgan fingerprint density at radius 1 is 1.36 bits per heavy atom. The fourth-order valence-corrected chi connectivity index (χ4v) is 4.01. The molecular weight excluding hydrogens is 382 g/mol. The Bertz CT molecular complexity index is 589. The van der Waals surface area contributed by atoms with Gasteiger partial charge in [-0.3, -0.25) is 4.79 Å². The number of nitrogens with zero attached hydrogens (tertiary/aromatic N) is 1. The molecule has 0 N–H and O–H groups in total. The van der Waals surface area contributed by atoms with Crippen molar-refractivity contribution in [2.45, 2.75) is 6.54 Å². The number of halogens is 1. The molecule has 0 aliphatic heterocycles. The first-order chi connectivity index (χ1) is 10.6. The molecule has 0 aliphatic carbocycles. The summed E-state index contributed by atoms with van der Waals surface area (Å²) in [6.45, 7) is 1.28. The first-order valence-corrected chi connectivity index (χ1v) is 9.70. The van der Waals surface area contributed by atoms with Gasteiger partial charge in [0.15, 0.2) is 0 Å². The zero-order valence-electron chi connectivity index (χ0n) is 12.3. The van der Waals surface area contributed by atoms with E-state index in [-0.39, 0.29) is 5.91 Å². The highest BCUT2D eigenvalue weighted by molar-refractivity contribution is 9.10. The van der Waals surface area contributed by atoms with E-state index in [4.69, 9.17) is 4.74 Å². The lowest BCUT2D eigenvalue weighted by molar-refractivity contribution is -0.127. The van der Waals surface area contributed by atoms with Gasteiger partial charge in [-0.15, -0.1) is 23.1 Å². The molecule has 1 aromatic heterocycles. The predicted molar refractivity (Wildman–Crippen MR) is 97.8 cm³/mol. The summed E-state index contributed by atoms with van der Waals surface area (Å²) in [7, 11) is 1.84. The Balaban J connectivity index is 1.61. The monoisotopic (exact) mass is 399 g/mol. The molecule has 0 atom stereocenters. The van der Waals surface area contributed by atoms with E-state index in [0.29, 0.717) is 18.9 Å². The molecule has 118 valence electrons. The molecule has 1 aromatic carbocycles. The van der Waals surface area contributed by atoms with E-state index in [1.54, 1.807) is 28.0 Å². The molecule has 0 bridgehead atoms. The van der Waals surface area contributed by atoms with Crippen molar-refractivity contribution >= 4 is 44.9 Å². The summed E-state index contributed by atoms with van der Waals surface area (Å²) in [6.07, 6.45) is 0. The van der Waals surface area contributed by atoms with Gasteiger partial charge in [0.1, 0.15) is 5.75 Å². The highest BCUT2D eigenvalue weighted by atomic mass is 79.9. The predicted octanol–water partition coefficient (Wildman–Crippen LogP) is 4.28. The summed E-state index contributed by atoms with van der Waals surface area (Å²) in [5, 5.41) is 2.03. The molecule has 1 heterocycles. The van der Waals surface area contributed by atoms with Gasteiger partial charge in [-0.25, -0.2) is 0 Å². The molecule has 2 aromatic rings. The van der Waals surface area contributed by atoms with Crippen LogP contribution in [0, 0.1) is 0 Å². The van der Waals surface area contributed by atoms with Crippen LogP contribution in [-0.4, -0.2) is 36.0 Å². The second-order valence-electron chi connectivity index (χ2n) is 4.70. The fourth-order valence-electron chi connectivity index (χ4n) is 1.76. The number of ether oxygens (including phenoxy) is 1. The minimum atomic E-state index is 0.147. The number of rotatable bonds is 8. The number of amides is 1. The van der Waals surface area contributed by atoms with Crippen LogP contribution >= 0.6 is 39.0 Å². The summed E-state index contributed by atoms with van der Waals surface area (Å²) >= 11 is 6.69. The molecule has 3 nitrogen and oxygen atoms in total. The van der Waals surface area contributed by atoms with Crippen molar-refractivity contribution in [3.63, 3.8) is 0 Å². The third kappa shape index (κ3) is 6.02. The van der Waals surface area contributed by atoms with Gasteiger partial charge in [-0.1, -0.05) is 18.2 Å². The second kappa shape index (κ2) is 9.22. The minimum absolute atomic E-state index is 0.147. The maximum atomic E-state index is 12.0. The highest BCUT2D eigenvalue weighted by Gasteiger charge is 2.10. The van der Waals surface area contributed by atoms with E-state index >= 15 is 0 Å². The Hall–Kier alpha value is -0.980. The van der Waals surface area contributed by atoms with E-state index in [0.717, 1.165) is 16.0 Å². The largest absolute Gasteiger partial charge is 0.493 e. The van der Waals surface area contributed by atoms with Crippen LogP contribution < -0.4 is 4.74 Å². The first kappa shape index (κ1) is 17.4. The molecule has 2 rings (SSSR count). The summed E-state index contributed by atoms with van der Waals surface area (Å²) in [5.74, 6) is 2.31. The summed E-state index contributed by atoms with van der Waals surface area (Å²) < 4.78 is 6.67. The lowest BCUT2D eigenvalue weighted by atomic mass is 10.3. The van der Waals surface area contributed by atoms with Crippen LogP contribution in [0.25, 0.3) is 0 Å². The lowest BCUT2D eigenvalue weighted by Gasteiger charge is -2.16. The number of hydrogen-bond donors (Lipinski definition) is 0. The van der Waals surface area contributed by atoms with E-state index in [2.05, 4.69) is 22.0 Å². The van der Waals surface area contributed by atoms with Crippen LogP contribution in [-0.2, 0) is 11.3 Å². The van der Waals surface area contributed by atoms with Crippen molar-refractivity contribution < 1.29 is 9.53 Å². The molecule has 0 unspecified atom stereocenters. The lowest BCUT2D eigenvalue weighted by Crippen LogP contribution is -2.27. The Morgan fingerprint density at radius 2 is 2.14 bits per heavy atom. The van der Waals surface area contributed by atoms with Crippen molar-refractivity contribution in [2.24, 2.45) is 0 Å². The zero-order chi connectivity index (χ0) is 15.8. The maximum Gasteiger partial charge on any atom is 0.232 e. The van der Waals surface area contributed by atoms with Gasteiger partial charge in [-0.2, -0.15) is 0 Å². The van der Waals surface area contributed by atoms with Crippen LogP contribution in [0.3, 0.4) is 0 Å².